The summed E-state index contributed by atoms with van der Waals surface area (Å²) in [4.78, 5) is 25.9. The number of carboxylic acids is 1. The number of carboxylic acid groups (broad SMARTS) is 1. The zero-order chi connectivity index (χ0) is 16.4. The molecule has 0 unspecified atom stereocenters. The summed E-state index contributed by atoms with van der Waals surface area (Å²) in [6, 6.07) is 13.5. The van der Waals surface area contributed by atoms with E-state index in [9.17, 15) is 14.7 Å². The zero-order valence-corrected chi connectivity index (χ0v) is 13.2. The summed E-state index contributed by atoms with van der Waals surface area (Å²) in [7, 11) is 0. The number of unbranched alkanes of at least 4 members (excludes halogenated alkanes) is 1. The Morgan fingerprint density at radius 1 is 1.22 bits per heavy atom. The van der Waals surface area contributed by atoms with E-state index in [-0.39, 0.29) is 18.4 Å². The van der Waals surface area contributed by atoms with E-state index >= 15 is 0 Å². The molecule has 1 aliphatic rings. The van der Waals surface area contributed by atoms with Gasteiger partial charge in [-0.25, -0.2) is 0 Å². The van der Waals surface area contributed by atoms with E-state index in [2.05, 4.69) is 6.92 Å². The van der Waals surface area contributed by atoms with Gasteiger partial charge in [-0.1, -0.05) is 55.8 Å². The van der Waals surface area contributed by atoms with Crippen LogP contribution in [0, 0.1) is 5.92 Å². The highest BCUT2D eigenvalue weighted by Gasteiger charge is 2.44. The first-order valence-corrected chi connectivity index (χ1v) is 8.13. The third kappa shape index (κ3) is 2.81. The van der Waals surface area contributed by atoms with Crippen LogP contribution in [0.2, 0.25) is 0 Å². The molecule has 23 heavy (non-hydrogen) atoms. The summed E-state index contributed by atoms with van der Waals surface area (Å²) in [5.74, 6) is -1.62. The Morgan fingerprint density at radius 2 is 1.96 bits per heavy atom. The van der Waals surface area contributed by atoms with E-state index in [0.29, 0.717) is 6.54 Å². The fourth-order valence-corrected chi connectivity index (χ4v) is 3.50. The Balaban J connectivity index is 2.10. The van der Waals surface area contributed by atoms with Crippen molar-refractivity contribution in [3.05, 3.63) is 48.0 Å². The number of fused-ring (bicyclic) bond motifs is 1. The van der Waals surface area contributed by atoms with Crippen LogP contribution in [0.5, 0.6) is 0 Å². The number of nitrogens with zero attached hydrogens (tertiary/aromatic N) is 1. The van der Waals surface area contributed by atoms with Gasteiger partial charge in [0.05, 0.1) is 12.0 Å². The highest BCUT2D eigenvalue weighted by Crippen LogP contribution is 2.41. The van der Waals surface area contributed by atoms with Gasteiger partial charge < -0.3 is 10.0 Å². The SMILES string of the molecule is CCCCN1C(=O)C[C@@H](C(=O)O)[C@H]1c1cccc2ccccc12. The summed E-state index contributed by atoms with van der Waals surface area (Å²) < 4.78 is 0. The van der Waals surface area contributed by atoms with Crippen molar-refractivity contribution in [2.75, 3.05) is 6.54 Å². The number of carbonyl (C=O) groups excluding carboxylic acids is 1. The molecule has 1 saturated heterocycles. The lowest BCUT2D eigenvalue weighted by Gasteiger charge is -2.28. The van der Waals surface area contributed by atoms with Crippen LogP contribution in [0.15, 0.2) is 42.5 Å². The van der Waals surface area contributed by atoms with Gasteiger partial charge in [-0.3, -0.25) is 9.59 Å². The number of rotatable bonds is 5. The molecule has 0 aliphatic carbocycles. The topological polar surface area (TPSA) is 57.6 Å². The van der Waals surface area contributed by atoms with Crippen LogP contribution in [0.25, 0.3) is 10.8 Å². The zero-order valence-electron chi connectivity index (χ0n) is 13.2. The van der Waals surface area contributed by atoms with Gasteiger partial charge in [-0.05, 0) is 22.8 Å². The van der Waals surface area contributed by atoms with Gasteiger partial charge in [-0.2, -0.15) is 0 Å². The van der Waals surface area contributed by atoms with Crippen LogP contribution in [-0.2, 0) is 9.59 Å². The number of aliphatic carboxylic acids is 1. The van der Waals surface area contributed by atoms with Crippen molar-refractivity contribution >= 4 is 22.6 Å². The van der Waals surface area contributed by atoms with Crippen LogP contribution in [0.3, 0.4) is 0 Å². The van der Waals surface area contributed by atoms with Crippen LogP contribution >= 0.6 is 0 Å². The molecular formula is C19H21NO3. The summed E-state index contributed by atoms with van der Waals surface area (Å²) in [5, 5.41) is 11.7. The molecule has 0 saturated carbocycles. The van der Waals surface area contributed by atoms with Gasteiger partial charge in [0.2, 0.25) is 5.91 Å². The summed E-state index contributed by atoms with van der Waals surface area (Å²) >= 11 is 0. The third-order valence-electron chi connectivity index (χ3n) is 4.64. The molecule has 2 aromatic rings. The van der Waals surface area contributed by atoms with Crippen molar-refractivity contribution in [3.63, 3.8) is 0 Å². The van der Waals surface area contributed by atoms with Crippen LogP contribution in [-0.4, -0.2) is 28.4 Å². The van der Waals surface area contributed by atoms with Crippen molar-refractivity contribution in [2.24, 2.45) is 5.92 Å². The first-order chi connectivity index (χ1) is 11.1. The lowest BCUT2D eigenvalue weighted by Crippen LogP contribution is -2.31. The Labute approximate surface area is 135 Å². The smallest absolute Gasteiger partial charge is 0.309 e. The Bertz CT molecular complexity index is 735. The van der Waals surface area contributed by atoms with Crippen molar-refractivity contribution in [1.82, 2.24) is 4.90 Å². The Morgan fingerprint density at radius 3 is 2.70 bits per heavy atom. The van der Waals surface area contributed by atoms with Gasteiger partial charge in [0.15, 0.2) is 0 Å². The summed E-state index contributed by atoms with van der Waals surface area (Å²) in [5.41, 5.74) is 0.942. The van der Waals surface area contributed by atoms with Crippen molar-refractivity contribution in [3.8, 4) is 0 Å². The molecule has 4 heteroatoms. The molecule has 1 aliphatic heterocycles. The van der Waals surface area contributed by atoms with Gasteiger partial charge in [0.1, 0.15) is 0 Å². The number of benzene rings is 2. The molecule has 0 spiro atoms. The fourth-order valence-electron chi connectivity index (χ4n) is 3.50. The second-order valence-electron chi connectivity index (χ2n) is 6.10. The Kier molecular flexibility index (Phi) is 4.33. The van der Waals surface area contributed by atoms with Gasteiger partial charge >= 0.3 is 5.97 Å². The predicted molar refractivity (Wildman–Crippen MR) is 89.1 cm³/mol. The molecule has 2 aromatic carbocycles. The molecule has 0 bridgehead atoms. The molecule has 1 N–H and O–H groups in total. The fraction of sp³-hybridized carbons (Fsp3) is 0.368. The molecule has 4 nitrogen and oxygen atoms in total. The molecule has 120 valence electrons. The number of hydrogen-bond donors (Lipinski definition) is 1. The predicted octanol–water partition coefficient (Wildman–Crippen LogP) is 3.61. The van der Waals surface area contributed by atoms with Gasteiger partial charge in [0.25, 0.3) is 0 Å². The van der Waals surface area contributed by atoms with E-state index in [4.69, 9.17) is 0 Å². The molecule has 1 fully saturated rings. The number of hydrogen-bond acceptors (Lipinski definition) is 2. The van der Waals surface area contributed by atoms with Crippen molar-refractivity contribution < 1.29 is 14.7 Å². The molecule has 1 amide bonds. The lowest BCUT2D eigenvalue weighted by molar-refractivity contribution is -0.142. The maximum Gasteiger partial charge on any atom is 0.309 e. The van der Waals surface area contributed by atoms with Crippen molar-refractivity contribution in [1.29, 1.82) is 0 Å². The molecular weight excluding hydrogens is 290 g/mol. The maximum absolute atomic E-state index is 12.4. The van der Waals surface area contributed by atoms with Crippen LogP contribution < -0.4 is 0 Å². The van der Waals surface area contributed by atoms with E-state index in [0.717, 1.165) is 29.2 Å². The van der Waals surface area contributed by atoms with E-state index < -0.39 is 11.9 Å². The second-order valence-corrected chi connectivity index (χ2v) is 6.10. The second kappa shape index (κ2) is 6.41. The monoisotopic (exact) mass is 311 g/mol. The highest BCUT2D eigenvalue weighted by atomic mass is 16.4. The van der Waals surface area contributed by atoms with Crippen LogP contribution in [0.1, 0.15) is 37.8 Å². The average molecular weight is 311 g/mol. The largest absolute Gasteiger partial charge is 0.481 e. The van der Waals surface area contributed by atoms with E-state index in [1.807, 2.05) is 42.5 Å². The quantitative estimate of drug-likeness (QED) is 0.917. The molecule has 0 aromatic heterocycles. The number of amides is 1. The third-order valence-corrected chi connectivity index (χ3v) is 4.64. The summed E-state index contributed by atoms with van der Waals surface area (Å²) in [6.45, 7) is 2.69. The molecule has 3 rings (SSSR count). The average Bonchev–Trinajstić information content (AvgIpc) is 2.89. The normalized spacial score (nSPS) is 21.1. The minimum absolute atomic E-state index is 0.0521. The first-order valence-electron chi connectivity index (χ1n) is 8.13. The highest BCUT2D eigenvalue weighted by molar-refractivity contribution is 5.91. The molecule has 2 atom stereocenters. The van der Waals surface area contributed by atoms with Gasteiger partial charge in [0, 0.05) is 13.0 Å². The van der Waals surface area contributed by atoms with E-state index in [1.165, 1.54) is 0 Å². The minimum Gasteiger partial charge on any atom is -0.481 e. The van der Waals surface area contributed by atoms with Crippen molar-refractivity contribution in [2.45, 2.75) is 32.2 Å². The molecule has 1 heterocycles. The first kappa shape index (κ1) is 15.5. The Hall–Kier alpha value is -2.36. The number of likely N-dealkylation sites (tertiary alicyclic amines) is 1. The summed E-state index contributed by atoms with van der Waals surface area (Å²) in [6.07, 6.45) is 1.95. The molecule has 0 radical (unpaired) electrons. The minimum atomic E-state index is -0.893. The number of carbonyl (C=O) groups is 2. The standard InChI is InChI=1S/C19H21NO3/c1-2-3-11-20-17(21)12-16(19(22)23)18(20)15-10-6-8-13-7-4-5-9-14(13)15/h4-10,16,18H,2-3,11-12H2,1H3,(H,22,23)/t16-,18-/m1/s1. The van der Waals surface area contributed by atoms with E-state index in [1.54, 1.807) is 4.90 Å². The van der Waals surface area contributed by atoms with Crippen LogP contribution in [0.4, 0.5) is 0 Å². The van der Waals surface area contributed by atoms with Gasteiger partial charge in [-0.15, -0.1) is 0 Å². The maximum atomic E-state index is 12.4. The lowest BCUT2D eigenvalue weighted by atomic mass is 9.90.